The lowest BCUT2D eigenvalue weighted by atomic mass is 10.1. The van der Waals surface area contributed by atoms with E-state index in [9.17, 15) is 14.7 Å². The van der Waals surface area contributed by atoms with Crippen molar-refractivity contribution in [2.45, 2.75) is 43.9 Å². The van der Waals surface area contributed by atoms with E-state index in [1.807, 2.05) is 0 Å². The summed E-state index contributed by atoms with van der Waals surface area (Å²) < 4.78 is 0. The lowest BCUT2D eigenvalue weighted by Gasteiger charge is -2.24. The lowest BCUT2D eigenvalue weighted by Crippen LogP contribution is -2.52. The number of amides is 2. The first-order chi connectivity index (χ1) is 8.08. The maximum atomic E-state index is 11.5. The number of aliphatic hydroxyl groups is 1. The minimum Gasteiger partial charge on any atom is -0.382 e. The van der Waals surface area contributed by atoms with E-state index in [-0.39, 0.29) is 30.9 Å². The fraction of sp³-hybridized carbons (Fsp3) is 0.818. The van der Waals surface area contributed by atoms with Crippen molar-refractivity contribution in [3.05, 3.63) is 0 Å². The monoisotopic (exact) mass is 277 g/mol. The van der Waals surface area contributed by atoms with Crippen LogP contribution in [0.25, 0.3) is 0 Å². The third-order valence-corrected chi connectivity index (χ3v) is 3.20. The zero-order chi connectivity index (χ0) is 12.4. The molecule has 4 N–H and O–H groups in total. The third-order valence-electron chi connectivity index (χ3n) is 3.20. The summed E-state index contributed by atoms with van der Waals surface area (Å²) in [4.78, 5) is 24.5. The predicted molar refractivity (Wildman–Crippen MR) is 68.2 cm³/mol. The smallest absolute Gasteiger partial charge is 0.250 e. The van der Waals surface area contributed by atoms with Gasteiger partial charge in [0.1, 0.15) is 6.10 Å². The summed E-state index contributed by atoms with van der Waals surface area (Å²) in [6.07, 6.45) is 2.08. The molecule has 0 aromatic rings. The Bertz CT molecular complexity index is 323. The van der Waals surface area contributed by atoms with E-state index in [2.05, 4.69) is 5.32 Å². The molecule has 0 aromatic carbocycles. The van der Waals surface area contributed by atoms with Gasteiger partial charge in [-0.15, -0.1) is 12.4 Å². The normalized spacial score (nSPS) is 22.3. The SMILES string of the molecule is Cl.N[C@@H](CN1CCCC1=O)C(O)C(=O)NC1CC1. The molecule has 2 fully saturated rings. The molecule has 1 heterocycles. The van der Waals surface area contributed by atoms with Crippen molar-refractivity contribution in [3.63, 3.8) is 0 Å². The molecular weight excluding hydrogens is 258 g/mol. The van der Waals surface area contributed by atoms with Gasteiger partial charge in [-0.1, -0.05) is 0 Å². The Balaban J connectivity index is 0.00000162. The molecule has 0 aromatic heterocycles. The molecule has 1 saturated carbocycles. The Labute approximate surface area is 112 Å². The van der Waals surface area contributed by atoms with Crippen LogP contribution >= 0.6 is 12.4 Å². The van der Waals surface area contributed by atoms with E-state index in [1.54, 1.807) is 4.90 Å². The first kappa shape index (κ1) is 15.2. The van der Waals surface area contributed by atoms with Gasteiger partial charge in [0.05, 0.1) is 6.04 Å². The van der Waals surface area contributed by atoms with E-state index in [0.717, 1.165) is 19.3 Å². The summed E-state index contributed by atoms with van der Waals surface area (Å²) >= 11 is 0. The lowest BCUT2D eigenvalue weighted by molar-refractivity contribution is -0.133. The van der Waals surface area contributed by atoms with Crippen molar-refractivity contribution in [1.29, 1.82) is 0 Å². The van der Waals surface area contributed by atoms with Crippen LogP contribution in [0.15, 0.2) is 0 Å². The minimum absolute atomic E-state index is 0. The number of hydrogen-bond donors (Lipinski definition) is 3. The fourth-order valence-corrected chi connectivity index (χ4v) is 1.96. The molecule has 1 aliphatic heterocycles. The highest BCUT2D eigenvalue weighted by Gasteiger charge is 2.31. The van der Waals surface area contributed by atoms with Crippen LogP contribution in [0.5, 0.6) is 0 Å². The number of nitrogens with one attached hydrogen (secondary N) is 1. The van der Waals surface area contributed by atoms with Crippen LogP contribution in [0.2, 0.25) is 0 Å². The average Bonchev–Trinajstić information content (AvgIpc) is 3.02. The molecule has 2 amide bonds. The minimum atomic E-state index is -1.23. The summed E-state index contributed by atoms with van der Waals surface area (Å²) in [5.74, 6) is -0.373. The van der Waals surface area contributed by atoms with Gasteiger partial charge in [0, 0.05) is 25.6 Å². The van der Waals surface area contributed by atoms with Crippen LogP contribution in [0.3, 0.4) is 0 Å². The first-order valence-corrected chi connectivity index (χ1v) is 6.09. The number of hydrogen-bond acceptors (Lipinski definition) is 4. The molecule has 2 aliphatic rings. The molecule has 2 rings (SSSR count). The third kappa shape index (κ3) is 3.83. The van der Waals surface area contributed by atoms with Crippen LogP contribution in [0.1, 0.15) is 25.7 Å². The molecule has 2 atom stereocenters. The van der Waals surface area contributed by atoms with Crippen LogP contribution in [-0.2, 0) is 9.59 Å². The Morgan fingerprint density at radius 2 is 2.22 bits per heavy atom. The van der Waals surface area contributed by atoms with E-state index >= 15 is 0 Å². The zero-order valence-corrected chi connectivity index (χ0v) is 11.0. The second-order valence-corrected chi connectivity index (χ2v) is 4.83. The zero-order valence-electron chi connectivity index (χ0n) is 10.2. The van der Waals surface area contributed by atoms with Crippen molar-refractivity contribution < 1.29 is 14.7 Å². The summed E-state index contributed by atoms with van der Waals surface area (Å²) in [7, 11) is 0. The Morgan fingerprint density at radius 1 is 1.56 bits per heavy atom. The second kappa shape index (κ2) is 6.36. The average molecular weight is 278 g/mol. The highest BCUT2D eigenvalue weighted by Crippen LogP contribution is 2.19. The van der Waals surface area contributed by atoms with Gasteiger partial charge >= 0.3 is 0 Å². The van der Waals surface area contributed by atoms with Crippen LogP contribution < -0.4 is 11.1 Å². The van der Waals surface area contributed by atoms with Crippen molar-refractivity contribution in [2.24, 2.45) is 5.73 Å². The number of rotatable bonds is 5. The Hall–Kier alpha value is -0.850. The molecule has 0 spiro atoms. The van der Waals surface area contributed by atoms with Gasteiger partial charge in [-0.05, 0) is 19.3 Å². The number of halogens is 1. The van der Waals surface area contributed by atoms with Crippen LogP contribution in [-0.4, -0.2) is 53.1 Å². The molecule has 1 aliphatic carbocycles. The number of aliphatic hydroxyl groups excluding tert-OH is 1. The molecular formula is C11H20ClN3O3. The Morgan fingerprint density at radius 3 is 2.72 bits per heavy atom. The van der Waals surface area contributed by atoms with Gasteiger partial charge in [-0.3, -0.25) is 9.59 Å². The van der Waals surface area contributed by atoms with E-state index in [1.165, 1.54) is 0 Å². The quantitative estimate of drug-likeness (QED) is 0.600. The van der Waals surface area contributed by atoms with E-state index in [4.69, 9.17) is 5.73 Å². The summed E-state index contributed by atoms with van der Waals surface area (Å²) in [5, 5.41) is 12.4. The van der Waals surface area contributed by atoms with Crippen LogP contribution in [0.4, 0.5) is 0 Å². The predicted octanol–water partition coefficient (Wildman–Crippen LogP) is -1.00. The first-order valence-electron chi connectivity index (χ1n) is 6.09. The molecule has 0 bridgehead atoms. The van der Waals surface area contributed by atoms with Crippen molar-refractivity contribution >= 4 is 24.2 Å². The van der Waals surface area contributed by atoms with E-state index < -0.39 is 18.1 Å². The molecule has 104 valence electrons. The number of carbonyl (C=O) groups excluding carboxylic acids is 2. The number of carbonyl (C=O) groups is 2. The standard InChI is InChI=1S/C11H19N3O3.ClH/c12-8(6-14-5-1-2-9(14)15)10(16)11(17)13-7-3-4-7;/h7-8,10,16H,1-6,12H2,(H,13,17);1H/t8-,10?;/m0./s1. The Kier molecular flexibility index (Phi) is 5.37. The summed E-state index contributed by atoms with van der Waals surface area (Å²) in [5.41, 5.74) is 5.75. The topological polar surface area (TPSA) is 95.7 Å². The molecule has 18 heavy (non-hydrogen) atoms. The van der Waals surface area contributed by atoms with Gasteiger partial charge in [0.2, 0.25) is 5.91 Å². The van der Waals surface area contributed by atoms with Crippen LogP contribution in [0, 0.1) is 0 Å². The summed E-state index contributed by atoms with van der Waals surface area (Å²) in [6, 6.07) is -0.506. The number of nitrogens with zero attached hydrogens (tertiary/aromatic N) is 1. The van der Waals surface area contributed by atoms with Gasteiger partial charge in [-0.25, -0.2) is 0 Å². The van der Waals surface area contributed by atoms with Gasteiger partial charge in [0.15, 0.2) is 0 Å². The molecule has 6 nitrogen and oxygen atoms in total. The number of likely N-dealkylation sites (tertiary alicyclic amines) is 1. The second-order valence-electron chi connectivity index (χ2n) is 4.83. The largest absolute Gasteiger partial charge is 0.382 e. The molecule has 7 heteroatoms. The highest BCUT2D eigenvalue weighted by atomic mass is 35.5. The van der Waals surface area contributed by atoms with Gasteiger partial charge < -0.3 is 21.1 Å². The maximum absolute atomic E-state index is 11.5. The molecule has 1 saturated heterocycles. The fourth-order valence-electron chi connectivity index (χ4n) is 1.96. The maximum Gasteiger partial charge on any atom is 0.250 e. The van der Waals surface area contributed by atoms with Crippen molar-refractivity contribution in [1.82, 2.24) is 10.2 Å². The van der Waals surface area contributed by atoms with Crippen molar-refractivity contribution in [3.8, 4) is 0 Å². The van der Waals surface area contributed by atoms with Gasteiger partial charge in [-0.2, -0.15) is 0 Å². The molecule has 1 unspecified atom stereocenters. The summed E-state index contributed by atoms with van der Waals surface area (Å²) in [6.45, 7) is 0.918. The van der Waals surface area contributed by atoms with Gasteiger partial charge in [0.25, 0.3) is 5.91 Å². The van der Waals surface area contributed by atoms with E-state index in [0.29, 0.717) is 13.0 Å². The highest BCUT2D eigenvalue weighted by molar-refractivity contribution is 5.85. The van der Waals surface area contributed by atoms with Crippen molar-refractivity contribution in [2.75, 3.05) is 13.1 Å². The number of nitrogens with two attached hydrogens (primary N) is 1. The molecule has 0 radical (unpaired) electrons.